The molecule has 0 unspecified atom stereocenters. The summed E-state index contributed by atoms with van der Waals surface area (Å²) < 4.78 is 27.6. The molecule has 0 aliphatic rings. The van der Waals surface area contributed by atoms with Crippen LogP contribution in [0.1, 0.15) is 5.56 Å². The molecule has 2 aromatic rings. The van der Waals surface area contributed by atoms with Gasteiger partial charge in [-0.3, -0.25) is 14.4 Å². The standard InChI is InChI=1S/C10H9N5O2S/c1-15-7-8(5-11)10(13-15)14-18(16,17)9-3-2-4-12-6-9/h2-4,6-7H,1H3,(H,13,14). The monoisotopic (exact) mass is 263 g/mol. The van der Waals surface area contributed by atoms with E-state index in [0.717, 1.165) is 0 Å². The molecule has 2 rings (SSSR count). The topological polar surface area (TPSA) is 101 Å². The first-order chi connectivity index (χ1) is 8.53. The first-order valence-corrected chi connectivity index (χ1v) is 6.38. The normalized spacial score (nSPS) is 10.9. The number of aryl methyl sites for hydroxylation is 1. The molecule has 2 aromatic heterocycles. The second kappa shape index (κ2) is 4.46. The van der Waals surface area contributed by atoms with E-state index in [2.05, 4.69) is 14.8 Å². The molecule has 7 nitrogen and oxygen atoms in total. The maximum atomic E-state index is 12.0. The van der Waals surface area contributed by atoms with Gasteiger partial charge >= 0.3 is 0 Å². The summed E-state index contributed by atoms with van der Waals surface area (Å²) in [4.78, 5) is 3.74. The summed E-state index contributed by atoms with van der Waals surface area (Å²) in [6.07, 6.45) is 4.12. The van der Waals surface area contributed by atoms with Crippen LogP contribution < -0.4 is 4.72 Å². The molecule has 8 heteroatoms. The Labute approximate surface area is 104 Å². The third-order valence-corrected chi connectivity index (χ3v) is 3.45. The molecule has 0 spiro atoms. The van der Waals surface area contributed by atoms with Gasteiger partial charge in [0.05, 0.1) is 0 Å². The van der Waals surface area contributed by atoms with Crippen LogP contribution in [0.15, 0.2) is 35.6 Å². The van der Waals surface area contributed by atoms with Gasteiger partial charge in [-0.2, -0.15) is 10.4 Å². The van der Waals surface area contributed by atoms with Crippen LogP contribution in [0.2, 0.25) is 0 Å². The Hall–Kier alpha value is -2.40. The average molecular weight is 263 g/mol. The lowest BCUT2D eigenvalue weighted by atomic mass is 10.4. The van der Waals surface area contributed by atoms with Gasteiger partial charge in [-0.1, -0.05) is 0 Å². The number of rotatable bonds is 3. The molecule has 0 aliphatic heterocycles. The van der Waals surface area contributed by atoms with Crippen LogP contribution in [0, 0.1) is 11.3 Å². The lowest BCUT2D eigenvalue weighted by molar-refractivity contribution is 0.600. The van der Waals surface area contributed by atoms with E-state index in [9.17, 15) is 8.42 Å². The molecule has 2 heterocycles. The predicted molar refractivity (Wildman–Crippen MR) is 63.0 cm³/mol. The SMILES string of the molecule is Cn1cc(C#N)c(NS(=O)(=O)c2cccnc2)n1. The zero-order valence-electron chi connectivity index (χ0n) is 9.40. The number of nitriles is 1. The van der Waals surface area contributed by atoms with Gasteiger partial charge in [0, 0.05) is 25.6 Å². The molecule has 0 fully saturated rings. The molecule has 0 aliphatic carbocycles. The highest BCUT2D eigenvalue weighted by Crippen LogP contribution is 2.16. The van der Waals surface area contributed by atoms with Crippen molar-refractivity contribution in [1.82, 2.24) is 14.8 Å². The Bertz CT molecular complexity index is 700. The van der Waals surface area contributed by atoms with Crippen LogP contribution in [0.3, 0.4) is 0 Å². The van der Waals surface area contributed by atoms with E-state index in [1.54, 1.807) is 7.05 Å². The second-order valence-corrected chi connectivity index (χ2v) is 5.15. The molecular formula is C10H9N5O2S. The molecule has 1 N–H and O–H groups in total. The Balaban J connectivity index is 2.37. The van der Waals surface area contributed by atoms with Crippen LogP contribution >= 0.6 is 0 Å². The maximum absolute atomic E-state index is 12.0. The van der Waals surface area contributed by atoms with Crippen molar-refractivity contribution < 1.29 is 8.42 Å². The maximum Gasteiger partial charge on any atom is 0.264 e. The highest BCUT2D eigenvalue weighted by molar-refractivity contribution is 7.92. The van der Waals surface area contributed by atoms with E-state index in [0.29, 0.717) is 0 Å². The number of nitrogens with zero attached hydrogens (tertiary/aromatic N) is 4. The second-order valence-electron chi connectivity index (χ2n) is 3.47. The summed E-state index contributed by atoms with van der Waals surface area (Å²) in [6, 6.07) is 4.78. The van der Waals surface area contributed by atoms with E-state index in [1.807, 2.05) is 6.07 Å². The van der Waals surface area contributed by atoms with Gasteiger partial charge in [-0.25, -0.2) is 8.42 Å². The molecule has 18 heavy (non-hydrogen) atoms. The number of hydrogen-bond donors (Lipinski definition) is 1. The fourth-order valence-corrected chi connectivity index (χ4v) is 2.32. The van der Waals surface area contributed by atoms with Gasteiger partial charge in [0.1, 0.15) is 16.5 Å². The Kier molecular flexibility index (Phi) is 2.99. The van der Waals surface area contributed by atoms with Crippen molar-refractivity contribution in [3.8, 4) is 6.07 Å². The van der Waals surface area contributed by atoms with Gasteiger partial charge in [0.25, 0.3) is 10.0 Å². The van der Waals surface area contributed by atoms with E-state index >= 15 is 0 Å². The van der Waals surface area contributed by atoms with Gasteiger partial charge in [-0.15, -0.1) is 0 Å². The minimum atomic E-state index is -3.77. The first-order valence-electron chi connectivity index (χ1n) is 4.89. The zero-order valence-corrected chi connectivity index (χ0v) is 10.2. The molecule has 0 atom stereocenters. The smallest absolute Gasteiger partial charge is 0.264 e. The van der Waals surface area contributed by atoms with Crippen LogP contribution in [0.25, 0.3) is 0 Å². The summed E-state index contributed by atoms with van der Waals surface area (Å²) in [5.74, 6) is 0.00357. The van der Waals surface area contributed by atoms with E-state index < -0.39 is 10.0 Å². The van der Waals surface area contributed by atoms with E-state index in [4.69, 9.17) is 5.26 Å². The van der Waals surface area contributed by atoms with Gasteiger partial charge in [-0.05, 0) is 12.1 Å². The highest BCUT2D eigenvalue weighted by atomic mass is 32.2. The van der Waals surface area contributed by atoms with Crippen LogP contribution in [-0.2, 0) is 17.1 Å². The van der Waals surface area contributed by atoms with Crippen molar-refractivity contribution in [1.29, 1.82) is 5.26 Å². The Morgan fingerprint density at radius 2 is 2.28 bits per heavy atom. The Morgan fingerprint density at radius 1 is 1.50 bits per heavy atom. The largest absolute Gasteiger partial charge is 0.272 e. The van der Waals surface area contributed by atoms with Crippen LogP contribution in [0.5, 0.6) is 0 Å². The zero-order chi connectivity index (χ0) is 13.2. The molecule has 0 saturated carbocycles. The fraction of sp³-hybridized carbons (Fsp3) is 0.100. The number of anilines is 1. The molecule has 92 valence electrons. The molecule has 0 amide bonds. The van der Waals surface area contributed by atoms with Crippen molar-refractivity contribution in [3.05, 3.63) is 36.3 Å². The predicted octanol–water partition coefficient (Wildman–Crippen LogP) is 0.488. The molecule has 0 bridgehead atoms. The third kappa shape index (κ3) is 2.31. The lowest BCUT2D eigenvalue weighted by Crippen LogP contribution is -2.14. The molecule has 0 radical (unpaired) electrons. The van der Waals surface area contributed by atoms with Crippen molar-refractivity contribution in [2.75, 3.05) is 4.72 Å². The van der Waals surface area contributed by atoms with E-state index in [-0.39, 0.29) is 16.3 Å². The van der Waals surface area contributed by atoms with Crippen LogP contribution in [-0.4, -0.2) is 23.2 Å². The summed E-state index contributed by atoms with van der Waals surface area (Å²) in [5.41, 5.74) is 0.157. The molecular weight excluding hydrogens is 254 g/mol. The third-order valence-electron chi connectivity index (χ3n) is 2.12. The number of aromatic nitrogens is 3. The summed E-state index contributed by atoms with van der Waals surface area (Å²) in [6.45, 7) is 0. The van der Waals surface area contributed by atoms with Crippen LogP contribution in [0.4, 0.5) is 5.82 Å². The Morgan fingerprint density at radius 3 is 2.89 bits per heavy atom. The van der Waals surface area contributed by atoms with Crippen molar-refractivity contribution in [2.45, 2.75) is 4.90 Å². The summed E-state index contributed by atoms with van der Waals surface area (Å²) >= 11 is 0. The minimum absolute atomic E-state index is 0.00357. The van der Waals surface area contributed by atoms with Crippen molar-refractivity contribution >= 4 is 15.8 Å². The first kappa shape index (κ1) is 12.1. The van der Waals surface area contributed by atoms with Gasteiger partial charge < -0.3 is 0 Å². The van der Waals surface area contributed by atoms with Gasteiger partial charge in [0.15, 0.2) is 5.82 Å². The van der Waals surface area contributed by atoms with Gasteiger partial charge in [0.2, 0.25) is 0 Å². The number of hydrogen-bond acceptors (Lipinski definition) is 5. The van der Waals surface area contributed by atoms with Crippen molar-refractivity contribution in [2.24, 2.45) is 7.05 Å². The van der Waals surface area contributed by atoms with Crippen molar-refractivity contribution in [3.63, 3.8) is 0 Å². The molecule has 0 aromatic carbocycles. The quantitative estimate of drug-likeness (QED) is 0.868. The van der Waals surface area contributed by atoms with E-state index in [1.165, 1.54) is 35.4 Å². The summed E-state index contributed by atoms with van der Waals surface area (Å²) in [5, 5.41) is 12.7. The highest BCUT2D eigenvalue weighted by Gasteiger charge is 2.18. The lowest BCUT2D eigenvalue weighted by Gasteiger charge is -2.04. The average Bonchev–Trinajstić information content (AvgIpc) is 2.70. The minimum Gasteiger partial charge on any atom is -0.272 e. The number of pyridine rings is 1. The molecule has 0 saturated heterocycles. The fourth-order valence-electron chi connectivity index (χ4n) is 1.34. The number of nitrogens with one attached hydrogen (secondary N) is 1. The number of sulfonamides is 1. The summed E-state index contributed by atoms with van der Waals surface area (Å²) in [7, 11) is -2.17.